The van der Waals surface area contributed by atoms with E-state index in [1.54, 1.807) is 24.3 Å². The van der Waals surface area contributed by atoms with Gasteiger partial charge in [-0.1, -0.05) is 66.3 Å². The first kappa shape index (κ1) is 20.3. The number of rotatable bonds is 5. The highest BCUT2D eigenvalue weighted by atomic mass is 79.9. The third kappa shape index (κ3) is 4.41. The van der Waals surface area contributed by atoms with E-state index in [0.717, 1.165) is 0 Å². The average molecular weight is 534 g/mol. The lowest BCUT2D eigenvalue weighted by molar-refractivity contribution is 0.336. The summed E-state index contributed by atoms with van der Waals surface area (Å²) in [5, 5.41) is 12.4. The normalized spacial score (nSPS) is 13.1. The van der Waals surface area contributed by atoms with Gasteiger partial charge in [0.05, 0.1) is 0 Å². The molecule has 0 amide bonds. The fraction of sp³-hybridized carbons (Fsp3) is 0.200. The van der Waals surface area contributed by atoms with Crippen molar-refractivity contribution < 1.29 is 12.7 Å². The zero-order valence-corrected chi connectivity index (χ0v) is 17.1. The van der Waals surface area contributed by atoms with Crippen molar-refractivity contribution >= 4 is 94.1 Å². The maximum Gasteiger partial charge on any atom is 0.365 e. The molecule has 0 aliphatic carbocycles. The molecule has 0 unspecified atom stereocenters. The minimum Gasteiger partial charge on any atom is -0.265 e. The highest BCUT2D eigenvalue weighted by Gasteiger charge is 2.49. The maximum atomic E-state index is 11.8. The quantitative estimate of drug-likeness (QED) is 0.312. The van der Waals surface area contributed by atoms with Crippen LogP contribution in [0, 0.1) is 11.3 Å². The van der Waals surface area contributed by atoms with Crippen LogP contribution in [-0.2, 0) is 14.4 Å². The van der Waals surface area contributed by atoms with Gasteiger partial charge in [-0.2, -0.15) is 13.7 Å². The summed E-state index contributed by atoms with van der Waals surface area (Å²) in [7, 11) is -4.70. The van der Waals surface area contributed by atoms with E-state index in [-0.39, 0.29) is 11.3 Å². The summed E-state index contributed by atoms with van der Waals surface area (Å²) in [5.74, 6) is 0. The fourth-order valence-corrected chi connectivity index (χ4v) is 3.78. The van der Waals surface area contributed by atoms with E-state index in [2.05, 4.69) is 41.3 Å². The van der Waals surface area contributed by atoms with Crippen molar-refractivity contribution in [2.75, 3.05) is 0 Å². The van der Waals surface area contributed by atoms with Gasteiger partial charge in [-0.15, -0.1) is 23.2 Å². The minimum absolute atomic E-state index is 0.281. The Morgan fingerprint density at radius 3 is 2.23 bits per heavy atom. The molecule has 0 atom stereocenters. The minimum atomic E-state index is -4.70. The molecule has 0 aliphatic heterocycles. The number of hydrogen-bond donors (Lipinski definition) is 0. The number of hydrogen-bond acceptors (Lipinski definition) is 5. The predicted octanol–water partition coefficient (Wildman–Crippen LogP) is 4.72. The average Bonchev–Trinajstić information content (AvgIpc) is 2.41. The molecule has 0 aromatic heterocycles. The maximum absolute atomic E-state index is 11.8. The molecule has 12 heteroatoms. The Kier molecular flexibility index (Phi) is 7.27. The van der Waals surface area contributed by atoms with Crippen LogP contribution in [-0.4, -0.2) is 22.6 Å². The topological polar surface area (TPSA) is 79.5 Å². The molecule has 22 heavy (non-hydrogen) atoms. The Bertz CT molecular complexity index is 727. The number of alkyl halides is 4. The van der Waals surface area contributed by atoms with Crippen LogP contribution in [0.3, 0.4) is 0 Å². The van der Waals surface area contributed by atoms with Gasteiger partial charge >= 0.3 is 10.1 Å². The lowest BCUT2D eigenvalue weighted by Crippen LogP contribution is -2.33. The van der Waals surface area contributed by atoms with Crippen LogP contribution in [0.15, 0.2) is 32.3 Å². The molecule has 0 bridgehead atoms. The van der Waals surface area contributed by atoms with E-state index in [9.17, 15) is 8.42 Å². The van der Waals surface area contributed by atoms with Crippen molar-refractivity contribution in [1.82, 2.24) is 0 Å². The number of nitrogens with zero attached hydrogens (tertiary/aromatic N) is 2. The van der Waals surface area contributed by atoms with Crippen LogP contribution in [0.4, 0.5) is 0 Å². The molecule has 1 aromatic carbocycles. The Morgan fingerprint density at radius 2 is 1.82 bits per heavy atom. The number of nitriles is 1. The summed E-state index contributed by atoms with van der Waals surface area (Å²) >= 11 is 28.2. The standard InChI is InChI=1S/C10H4Br2Cl4N2O3S/c11-5-2-1-3-6(12)8(5)7(4-17)18-21-22(19,20)10(15,16)9(13)14/h1-3,9H/b18-7-. The highest BCUT2D eigenvalue weighted by molar-refractivity contribution is 9.11. The molecule has 0 saturated heterocycles. The SMILES string of the molecule is N#C/C(=N/OS(=O)(=O)C(Cl)(Cl)C(Cl)Cl)c1c(Br)cccc1Br. The van der Waals surface area contributed by atoms with Crippen LogP contribution < -0.4 is 0 Å². The summed E-state index contributed by atoms with van der Waals surface area (Å²) in [6.45, 7) is 0. The highest BCUT2D eigenvalue weighted by Crippen LogP contribution is 2.38. The van der Waals surface area contributed by atoms with Crippen molar-refractivity contribution in [3.8, 4) is 6.07 Å². The number of halogens is 6. The van der Waals surface area contributed by atoms with Crippen LogP contribution in [0.1, 0.15) is 5.56 Å². The van der Waals surface area contributed by atoms with Crippen molar-refractivity contribution in [3.63, 3.8) is 0 Å². The van der Waals surface area contributed by atoms with Crippen molar-refractivity contribution in [3.05, 3.63) is 32.7 Å². The second-order valence-electron chi connectivity index (χ2n) is 3.54. The Morgan fingerprint density at radius 1 is 1.32 bits per heavy atom. The van der Waals surface area contributed by atoms with E-state index < -0.39 is 18.6 Å². The first-order valence-corrected chi connectivity index (χ1v) is 9.68. The molecule has 0 radical (unpaired) electrons. The predicted molar refractivity (Wildman–Crippen MR) is 93.9 cm³/mol. The summed E-state index contributed by atoms with van der Waals surface area (Å²) in [5.41, 5.74) is -0.0593. The second kappa shape index (κ2) is 7.88. The molecule has 0 fully saturated rings. The van der Waals surface area contributed by atoms with Gasteiger partial charge in [0.25, 0.3) is 3.67 Å². The van der Waals surface area contributed by atoms with Crippen LogP contribution in [0.25, 0.3) is 0 Å². The van der Waals surface area contributed by atoms with Crippen LogP contribution >= 0.6 is 78.3 Å². The fourth-order valence-electron chi connectivity index (χ4n) is 1.09. The molecule has 0 aliphatic rings. The molecule has 120 valence electrons. The van der Waals surface area contributed by atoms with Gasteiger partial charge in [0.2, 0.25) is 0 Å². The van der Waals surface area contributed by atoms with Crippen molar-refractivity contribution in [2.45, 2.75) is 8.50 Å². The molecule has 0 saturated carbocycles. The van der Waals surface area contributed by atoms with Crippen LogP contribution in [0.2, 0.25) is 0 Å². The van der Waals surface area contributed by atoms with Crippen LogP contribution in [0.5, 0.6) is 0 Å². The second-order valence-corrected chi connectivity index (χ2v) is 9.88. The van der Waals surface area contributed by atoms with Gasteiger partial charge in [0.1, 0.15) is 6.07 Å². The lowest BCUT2D eigenvalue weighted by atomic mass is 10.1. The molecular weight excluding hydrogens is 530 g/mol. The first-order chi connectivity index (χ1) is 10.0. The Hall–Kier alpha value is 0.250. The van der Waals surface area contributed by atoms with E-state index in [1.807, 2.05) is 0 Å². The molecule has 0 N–H and O–H groups in total. The van der Waals surface area contributed by atoms with Gasteiger partial charge < -0.3 is 0 Å². The Balaban J connectivity index is 3.25. The molecule has 0 spiro atoms. The summed E-state index contributed by atoms with van der Waals surface area (Å²) in [4.78, 5) is -1.70. The summed E-state index contributed by atoms with van der Waals surface area (Å²) < 4.78 is 26.3. The third-order valence-electron chi connectivity index (χ3n) is 2.12. The van der Waals surface area contributed by atoms with Gasteiger partial charge in [-0.25, -0.2) is 0 Å². The molecule has 5 nitrogen and oxygen atoms in total. The zero-order valence-electron chi connectivity index (χ0n) is 10.1. The smallest absolute Gasteiger partial charge is 0.265 e. The number of benzene rings is 1. The molecule has 0 heterocycles. The number of oxime groups is 1. The molecular formula is C10H4Br2Cl4N2O3S. The van der Waals surface area contributed by atoms with Gasteiger partial charge in [-0.05, 0) is 12.1 Å². The summed E-state index contributed by atoms with van der Waals surface area (Å²) in [6.07, 6.45) is 0. The van der Waals surface area contributed by atoms with Crippen molar-refractivity contribution in [2.24, 2.45) is 5.16 Å². The summed E-state index contributed by atoms with van der Waals surface area (Å²) in [6, 6.07) is 6.65. The van der Waals surface area contributed by atoms with E-state index in [1.165, 1.54) is 0 Å². The molecule has 1 rings (SSSR count). The first-order valence-electron chi connectivity index (χ1n) is 5.06. The molecule has 1 aromatic rings. The zero-order chi connectivity index (χ0) is 17.1. The van der Waals surface area contributed by atoms with Crippen molar-refractivity contribution in [1.29, 1.82) is 5.26 Å². The van der Waals surface area contributed by atoms with E-state index in [4.69, 9.17) is 51.7 Å². The van der Waals surface area contributed by atoms with Gasteiger partial charge in [-0.3, -0.25) is 4.28 Å². The van der Waals surface area contributed by atoms with E-state index >= 15 is 0 Å². The Labute approximate surface area is 163 Å². The van der Waals surface area contributed by atoms with Gasteiger partial charge in [0.15, 0.2) is 10.5 Å². The van der Waals surface area contributed by atoms with E-state index in [0.29, 0.717) is 8.95 Å². The monoisotopic (exact) mass is 530 g/mol. The largest absolute Gasteiger partial charge is 0.365 e. The lowest BCUT2D eigenvalue weighted by Gasteiger charge is -2.18. The third-order valence-corrected chi connectivity index (χ3v) is 7.54. The van der Waals surface area contributed by atoms with Gasteiger partial charge in [0, 0.05) is 14.5 Å².